The highest BCUT2D eigenvalue weighted by Crippen LogP contribution is 2.66. The first-order chi connectivity index (χ1) is 15.2. The molecule has 0 radical (unpaired) electrons. The van der Waals surface area contributed by atoms with Crippen LogP contribution >= 0.6 is 0 Å². The molecule has 5 rings (SSSR count). The maximum atomic E-state index is 12.9. The van der Waals surface area contributed by atoms with Gasteiger partial charge in [-0.2, -0.15) is 0 Å². The number of carbonyl (C=O) groups is 1. The zero-order valence-electron chi connectivity index (χ0n) is 20.8. The summed E-state index contributed by atoms with van der Waals surface area (Å²) in [5, 5.41) is 1.40. The van der Waals surface area contributed by atoms with Gasteiger partial charge < -0.3 is 4.43 Å². The molecule has 1 aromatic carbocycles. The van der Waals surface area contributed by atoms with Crippen molar-refractivity contribution < 1.29 is 9.22 Å². The molecular formula is C29H42O2Si. The van der Waals surface area contributed by atoms with Crippen molar-refractivity contribution in [2.45, 2.75) is 91.3 Å². The molecule has 4 aliphatic rings. The predicted molar refractivity (Wildman–Crippen MR) is 134 cm³/mol. The van der Waals surface area contributed by atoms with Gasteiger partial charge in [-0.25, -0.2) is 0 Å². The summed E-state index contributed by atoms with van der Waals surface area (Å²) in [6, 6.07) is 11.0. The quantitative estimate of drug-likeness (QED) is 0.380. The SMILES string of the molecule is C/C=C1\CC[C@]2(C)[C@H]3CC[C@]4(C)C(=O)CC[C@H]4[C@@H]3C[C@@H](O[Si](C)(C)c3ccccc3)[C@@H]2C1. The van der Waals surface area contributed by atoms with Gasteiger partial charge in [0, 0.05) is 17.9 Å². The molecule has 3 heteroatoms. The van der Waals surface area contributed by atoms with E-state index in [2.05, 4.69) is 70.3 Å². The molecule has 4 fully saturated rings. The number of hydrogen-bond acceptors (Lipinski definition) is 2. The van der Waals surface area contributed by atoms with Crippen LogP contribution in [-0.2, 0) is 9.22 Å². The van der Waals surface area contributed by atoms with Crippen molar-refractivity contribution in [1.82, 2.24) is 0 Å². The van der Waals surface area contributed by atoms with Gasteiger partial charge in [0.05, 0.1) is 0 Å². The zero-order valence-corrected chi connectivity index (χ0v) is 21.8. The molecule has 32 heavy (non-hydrogen) atoms. The maximum Gasteiger partial charge on any atom is 0.218 e. The van der Waals surface area contributed by atoms with E-state index in [1.807, 2.05) is 0 Å². The fourth-order valence-electron chi connectivity index (χ4n) is 8.57. The Kier molecular flexibility index (Phi) is 5.61. The molecule has 0 bridgehead atoms. The molecule has 0 heterocycles. The van der Waals surface area contributed by atoms with Crippen molar-refractivity contribution in [3.8, 4) is 0 Å². The number of fused-ring (bicyclic) bond motifs is 5. The minimum absolute atomic E-state index is 0.0650. The molecule has 174 valence electrons. The van der Waals surface area contributed by atoms with Gasteiger partial charge >= 0.3 is 0 Å². The van der Waals surface area contributed by atoms with Crippen molar-refractivity contribution in [2.75, 3.05) is 0 Å². The number of hydrogen-bond donors (Lipinski definition) is 0. The molecule has 0 N–H and O–H groups in total. The summed E-state index contributed by atoms with van der Waals surface area (Å²) in [5.41, 5.74) is 1.91. The van der Waals surface area contributed by atoms with Crippen LogP contribution in [0.3, 0.4) is 0 Å². The van der Waals surface area contributed by atoms with Crippen molar-refractivity contribution in [3.63, 3.8) is 0 Å². The van der Waals surface area contributed by atoms with Crippen LogP contribution in [0.5, 0.6) is 0 Å². The van der Waals surface area contributed by atoms with Gasteiger partial charge in [-0.05, 0) is 99.2 Å². The average molecular weight is 451 g/mol. The smallest absolute Gasteiger partial charge is 0.218 e. The highest BCUT2D eigenvalue weighted by atomic mass is 28.4. The lowest BCUT2D eigenvalue weighted by atomic mass is 9.44. The van der Waals surface area contributed by atoms with Crippen LogP contribution in [0.2, 0.25) is 13.1 Å². The third kappa shape index (κ3) is 3.41. The van der Waals surface area contributed by atoms with Crippen LogP contribution in [0, 0.1) is 34.5 Å². The van der Waals surface area contributed by atoms with E-state index in [4.69, 9.17) is 4.43 Å². The third-order valence-corrected chi connectivity index (χ3v) is 13.2. The van der Waals surface area contributed by atoms with E-state index < -0.39 is 8.32 Å². The van der Waals surface area contributed by atoms with E-state index in [1.54, 1.807) is 5.57 Å². The van der Waals surface area contributed by atoms with Gasteiger partial charge in [-0.1, -0.05) is 55.8 Å². The molecule has 1 aromatic rings. The van der Waals surface area contributed by atoms with E-state index in [0.29, 0.717) is 35.1 Å². The number of ketones is 1. The van der Waals surface area contributed by atoms with Crippen molar-refractivity contribution in [2.24, 2.45) is 34.5 Å². The lowest BCUT2D eigenvalue weighted by molar-refractivity contribution is -0.152. The summed E-state index contributed by atoms with van der Waals surface area (Å²) in [6.07, 6.45) is 11.9. The van der Waals surface area contributed by atoms with E-state index in [1.165, 1.54) is 37.3 Å². The summed E-state index contributed by atoms with van der Waals surface area (Å²) in [7, 11) is -2.02. The number of Topliss-reactive ketones (excluding diaryl/α,β-unsaturated/α-hetero) is 1. The molecule has 0 unspecified atom stereocenters. The van der Waals surface area contributed by atoms with E-state index >= 15 is 0 Å². The first-order valence-electron chi connectivity index (χ1n) is 13.1. The molecule has 0 aliphatic heterocycles. The van der Waals surface area contributed by atoms with Gasteiger partial charge in [-0.3, -0.25) is 4.79 Å². The molecule has 7 atom stereocenters. The van der Waals surface area contributed by atoms with E-state index in [-0.39, 0.29) is 5.41 Å². The summed E-state index contributed by atoms with van der Waals surface area (Å²) in [4.78, 5) is 12.9. The topological polar surface area (TPSA) is 26.3 Å². The van der Waals surface area contributed by atoms with Crippen LogP contribution in [0.1, 0.15) is 72.1 Å². The van der Waals surface area contributed by atoms with Crippen LogP contribution in [0.15, 0.2) is 42.0 Å². The number of benzene rings is 1. The van der Waals surface area contributed by atoms with Crippen LogP contribution in [0.25, 0.3) is 0 Å². The minimum atomic E-state index is -2.02. The lowest BCUT2D eigenvalue weighted by Crippen LogP contribution is -2.60. The Bertz CT molecular complexity index is 905. The van der Waals surface area contributed by atoms with Crippen LogP contribution < -0.4 is 5.19 Å². The fourth-order valence-corrected chi connectivity index (χ4v) is 10.7. The zero-order chi connectivity index (χ0) is 22.7. The van der Waals surface area contributed by atoms with Crippen LogP contribution in [-0.4, -0.2) is 20.2 Å². The summed E-state index contributed by atoms with van der Waals surface area (Å²) in [5.74, 6) is 3.14. The predicted octanol–water partition coefficient (Wildman–Crippen LogP) is 6.65. The second-order valence-corrected chi connectivity index (χ2v) is 16.2. The van der Waals surface area contributed by atoms with Gasteiger partial charge in [0.2, 0.25) is 8.32 Å². The molecule has 4 aliphatic carbocycles. The molecule has 2 nitrogen and oxygen atoms in total. The summed E-state index contributed by atoms with van der Waals surface area (Å²) < 4.78 is 7.28. The monoisotopic (exact) mass is 450 g/mol. The van der Waals surface area contributed by atoms with Gasteiger partial charge in [0.1, 0.15) is 5.78 Å². The Morgan fingerprint density at radius 3 is 2.47 bits per heavy atom. The Morgan fingerprint density at radius 2 is 1.75 bits per heavy atom. The number of rotatable bonds is 3. The Labute approximate surface area is 196 Å². The Morgan fingerprint density at radius 1 is 1.00 bits per heavy atom. The first kappa shape index (κ1) is 22.6. The van der Waals surface area contributed by atoms with E-state index in [0.717, 1.165) is 25.2 Å². The highest BCUT2D eigenvalue weighted by Gasteiger charge is 2.62. The summed E-state index contributed by atoms with van der Waals surface area (Å²) >= 11 is 0. The molecular weight excluding hydrogens is 408 g/mol. The number of allylic oxidation sites excluding steroid dienone is 2. The normalized spacial score (nSPS) is 43.0. The third-order valence-electron chi connectivity index (χ3n) is 10.6. The second-order valence-electron chi connectivity index (χ2n) is 12.3. The molecule has 0 saturated heterocycles. The average Bonchev–Trinajstić information content (AvgIpc) is 3.09. The summed E-state index contributed by atoms with van der Waals surface area (Å²) in [6.45, 7) is 11.9. The van der Waals surface area contributed by atoms with E-state index in [9.17, 15) is 4.79 Å². The fraction of sp³-hybridized carbons (Fsp3) is 0.690. The van der Waals surface area contributed by atoms with Crippen molar-refractivity contribution in [1.29, 1.82) is 0 Å². The second kappa shape index (κ2) is 7.94. The Hall–Kier alpha value is -1.19. The van der Waals surface area contributed by atoms with Crippen molar-refractivity contribution in [3.05, 3.63) is 42.0 Å². The molecule has 0 amide bonds. The minimum Gasteiger partial charge on any atom is -0.410 e. The largest absolute Gasteiger partial charge is 0.410 e. The van der Waals surface area contributed by atoms with Gasteiger partial charge in [-0.15, -0.1) is 0 Å². The van der Waals surface area contributed by atoms with Gasteiger partial charge in [0.25, 0.3) is 0 Å². The maximum absolute atomic E-state index is 12.9. The van der Waals surface area contributed by atoms with Crippen molar-refractivity contribution >= 4 is 19.3 Å². The molecule has 0 spiro atoms. The molecule has 0 aromatic heterocycles. The molecule has 4 saturated carbocycles. The van der Waals surface area contributed by atoms with Crippen LogP contribution in [0.4, 0.5) is 0 Å². The first-order valence-corrected chi connectivity index (χ1v) is 16.0. The van der Waals surface area contributed by atoms with Gasteiger partial charge in [0.15, 0.2) is 0 Å². The standard InChI is InChI=1S/C29H42O2Si/c1-6-20-14-16-28(2)24-15-17-29(3)23(12-13-27(29)30)22(24)19-26(25(28)18-20)31-32(4,5)21-10-8-7-9-11-21/h6-11,22-26H,12-19H2,1-5H3/b20-6+/t22-,23-,24-,25-,26+,28+,29-/m0/s1. The Balaban J connectivity index is 1.51. The highest BCUT2D eigenvalue weighted by molar-refractivity contribution is 6.84. The lowest BCUT2D eigenvalue weighted by Gasteiger charge is -2.62. The number of carbonyl (C=O) groups excluding carboxylic acids is 1.